The Labute approximate surface area is 99.2 Å². The molecule has 17 heavy (non-hydrogen) atoms. The SMILES string of the molecule is Cc1ccc(F)c(-n2nnc(N)c2C(C)C)c1. The van der Waals surface area contributed by atoms with Crippen LogP contribution in [0, 0.1) is 12.7 Å². The third-order valence-electron chi connectivity index (χ3n) is 2.61. The van der Waals surface area contributed by atoms with Crippen molar-refractivity contribution in [1.82, 2.24) is 15.0 Å². The third kappa shape index (κ3) is 2.00. The van der Waals surface area contributed by atoms with Crippen molar-refractivity contribution in [3.8, 4) is 5.69 Å². The molecular formula is C12H15FN4. The highest BCUT2D eigenvalue weighted by Crippen LogP contribution is 2.24. The summed E-state index contributed by atoms with van der Waals surface area (Å²) in [5.74, 6) is 0.146. The van der Waals surface area contributed by atoms with E-state index in [0.717, 1.165) is 11.3 Å². The summed E-state index contributed by atoms with van der Waals surface area (Å²) in [6.45, 7) is 5.84. The zero-order chi connectivity index (χ0) is 12.6. The van der Waals surface area contributed by atoms with E-state index in [4.69, 9.17) is 5.73 Å². The predicted molar refractivity (Wildman–Crippen MR) is 64.6 cm³/mol. The Balaban J connectivity index is 2.64. The lowest BCUT2D eigenvalue weighted by atomic mass is 10.1. The Morgan fingerprint density at radius 2 is 2.06 bits per heavy atom. The number of aromatic nitrogens is 3. The topological polar surface area (TPSA) is 56.7 Å². The second kappa shape index (κ2) is 4.16. The predicted octanol–water partition coefficient (Wildman–Crippen LogP) is 2.42. The van der Waals surface area contributed by atoms with Crippen molar-refractivity contribution in [2.75, 3.05) is 5.73 Å². The van der Waals surface area contributed by atoms with Crippen molar-refractivity contribution in [1.29, 1.82) is 0 Å². The second-order valence-electron chi connectivity index (χ2n) is 4.38. The molecule has 0 aliphatic rings. The van der Waals surface area contributed by atoms with Crippen LogP contribution in [0.15, 0.2) is 18.2 Å². The molecule has 2 aromatic rings. The monoisotopic (exact) mass is 234 g/mol. The number of nitrogen functional groups attached to an aromatic ring is 1. The van der Waals surface area contributed by atoms with Crippen LogP contribution in [-0.2, 0) is 0 Å². The average molecular weight is 234 g/mol. The van der Waals surface area contributed by atoms with Gasteiger partial charge in [0.25, 0.3) is 0 Å². The molecule has 0 bridgehead atoms. The van der Waals surface area contributed by atoms with Gasteiger partial charge in [0.2, 0.25) is 0 Å². The van der Waals surface area contributed by atoms with Crippen LogP contribution in [-0.4, -0.2) is 15.0 Å². The number of benzene rings is 1. The highest BCUT2D eigenvalue weighted by Gasteiger charge is 2.17. The number of aryl methyl sites for hydroxylation is 1. The van der Waals surface area contributed by atoms with Crippen molar-refractivity contribution in [2.45, 2.75) is 26.7 Å². The highest BCUT2D eigenvalue weighted by molar-refractivity contribution is 5.44. The minimum Gasteiger partial charge on any atom is -0.381 e. The normalized spacial score (nSPS) is 11.1. The number of nitrogens with two attached hydrogens (primary N) is 1. The van der Waals surface area contributed by atoms with Gasteiger partial charge < -0.3 is 5.73 Å². The van der Waals surface area contributed by atoms with E-state index in [1.807, 2.05) is 20.8 Å². The molecule has 2 N–H and O–H groups in total. The number of anilines is 1. The summed E-state index contributed by atoms with van der Waals surface area (Å²) in [6.07, 6.45) is 0. The Bertz CT molecular complexity index is 545. The van der Waals surface area contributed by atoms with Gasteiger partial charge in [-0.1, -0.05) is 25.1 Å². The number of rotatable bonds is 2. The van der Waals surface area contributed by atoms with E-state index in [1.165, 1.54) is 10.7 Å². The first-order valence-corrected chi connectivity index (χ1v) is 5.48. The fourth-order valence-corrected chi connectivity index (χ4v) is 1.80. The van der Waals surface area contributed by atoms with E-state index in [9.17, 15) is 4.39 Å². The standard InChI is InChI=1S/C12H15FN4/c1-7(2)11-12(14)15-16-17(11)10-6-8(3)4-5-9(10)13/h4-7H,14H2,1-3H3. The zero-order valence-electron chi connectivity index (χ0n) is 10.1. The van der Waals surface area contributed by atoms with Gasteiger partial charge in [-0.05, 0) is 30.5 Å². The smallest absolute Gasteiger partial charge is 0.169 e. The summed E-state index contributed by atoms with van der Waals surface area (Å²) in [5, 5.41) is 7.72. The summed E-state index contributed by atoms with van der Waals surface area (Å²) in [6, 6.07) is 4.87. The summed E-state index contributed by atoms with van der Waals surface area (Å²) >= 11 is 0. The minimum atomic E-state index is -0.331. The Morgan fingerprint density at radius 1 is 1.35 bits per heavy atom. The Hall–Kier alpha value is -1.91. The van der Waals surface area contributed by atoms with E-state index < -0.39 is 0 Å². The van der Waals surface area contributed by atoms with Gasteiger partial charge in [-0.3, -0.25) is 0 Å². The molecule has 2 rings (SSSR count). The van der Waals surface area contributed by atoms with Crippen LogP contribution in [0.1, 0.15) is 31.0 Å². The fourth-order valence-electron chi connectivity index (χ4n) is 1.80. The van der Waals surface area contributed by atoms with Crippen LogP contribution in [0.3, 0.4) is 0 Å². The van der Waals surface area contributed by atoms with Gasteiger partial charge in [0, 0.05) is 0 Å². The number of nitrogens with zero attached hydrogens (tertiary/aromatic N) is 3. The molecule has 0 saturated carbocycles. The molecule has 0 fully saturated rings. The van der Waals surface area contributed by atoms with Crippen LogP contribution in [0.2, 0.25) is 0 Å². The van der Waals surface area contributed by atoms with Crippen molar-refractivity contribution < 1.29 is 4.39 Å². The number of halogens is 1. The number of hydrogen-bond acceptors (Lipinski definition) is 3. The Kier molecular flexibility index (Phi) is 2.83. The Morgan fingerprint density at radius 3 is 2.71 bits per heavy atom. The molecule has 0 atom stereocenters. The quantitative estimate of drug-likeness (QED) is 0.868. The summed E-state index contributed by atoms with van der Waals surface area (Å²) in [4.78, 5) is 0. The van der Waals surface area contributed by atoms with Gasteiger partial charge in [-0.25, -0.2) is 9.07 Å². The molecule has 4 nitrogen and oxygen atoms in total. The molecule has 0 aliphatic carbocycles. The first-order chi connectivity index (χ1) is 8.00. The summed E-state index contributed by atoms with van der Waals surface area (Å²) < 4.78 is 15.3. The average Bonchev–Trinajstić information content (AvgIpc) is 2.64. The van der Waals surface area contributed by atoms with E-state index in [2.05, 4.69) is 10.3 Å². The van der Waals surface area contributed by atoms with E-state index in [1.54, 1.807) is 12.1 Å². The van der Waals surface area contributed by atoms with Crippen LogP contribution in [0.25, 0.3) is 5.69 Å². The molecule has 1 heterocycles. The molecular weight excluding hydrogens is 219 g/mol. The van der Waals surface area contributed by atoms with E-state index in [-0.39, 0.29) is 11.7 Å². The summed E-state index contributed by atoms with van der Waals surface area (Å²) in [7, 11) is 0. The van der Waals surface area contributed by atoms with Crippen molar-refractivity contribution in [3.05, 3.63) is 35.3 Å². The second-order valence-corrected chi connectivity index (χ2v) is 4.38. The largest absolute Gasteiger partial charge is 0.381 e. The first-order valence-electron chi connectivity index (χ1n) is 5.48. The molecule has 1 aromatic carbocycles. The van der Waals surface area contributed by atoms with Gasteiger partial charge in [-0.2, -0.15) is 0 Å². The van der Waals surface area contributed by atoms with E-state index >= 15 is 0 Å². The minimum absolute atomic E-state index is 0.130. The van der Waals surface area contributed by atoms with Crippen LogP contribution in [0.5, 0.6) is 0 Å². The molecule has 5 heteroatoms. The molecule has 0 radical (unpaired) electrons. The fraction of sp³-hybridized carbons (Fsp3) is 0.333. The molecule has 0 aliphatic heterocycles. The van der Waals surface area contributed by atoms with Gasteiger partial charge in [0.15, 0.2) is 5.82 Å². The molecule has 90 valence electrons. The molecule has 0 unspecified atom stereocenters. The molecule has 1 aromatic heterocycles. The van der Waals surface area contributed by atoms with Gasteiger partial charge in [-0.15, -0.1) is 5.10 Å². The lowest BCUT2D eigenvalue weighted by molar-refractivity contribution is 0.597. The first kappa shape index (κ1) is 11.6. The number of hydrogen-bond donors (Lipinski definition) is 1. The van der Waals surface area contributed by atoms with Crippen LogP contribution < -0.4 is 5.73 Å². The maximum absolute atomic E-state index is 13.8. The lowest BCUT2D eigenvalue weighted by Crippen LogP contribution is -2.07. The van der Waals surface area contributed by atoms with Gasteiger partial charge in [0.1, 0.15) is 11.5 Å². The molecule has 0 spiro atoms. The van der Waals surface area contributed by atoms with Crippen molar-refractivity contribution in [3.63, 3.8) is 0 Å². The third-order valence-corrected chi connectivity index (χ3v) is 2.61. The van der Waals surface area contributed by atoms with Crippen LogP contribution in [0.4, 0.5) is 10.2 Å². The van der Waals surface area contributed by atoms with Crippen molar-refractivity contribution >= 4 is 5.82 Å². The summed E-state index contributed by atoms with van der Waals surface area (Å²) in [5.41, 5.74) is 7.83. The van der Waals surface area contributed by atoms with Crippen LogP contribution >= 0.6 is 0 Å². The molecule has 0 saturated heterocycles. The zero-order valence-corrected chi connectivity index (χ0v) is 10.1. The highest BCUT2D eigenvalue weighted by atomic mass is 19.1. The van der Waals surface area contributed by atoms with Crippen molar-refractivity contribution in [2.24, 2.45) is 0 Å². The van der Waals surface area contributed by atoms with Gasteiger partial charge >= 0.3 is 0 Å². The lowest BCUT2D eigenvalue weighted by Gasteiger charge is -2.10. The maximum Gasteiger partial charge on any atom is 0.169 e. The van der Waals surface area contributed by atoms with E-state index in [0.29, 0.717) is 11.5 Å². The van der Waals surface area contributed by atoms with Gasteiger partial charge in [0.05, 0.1) is 5.69 Å². The maximum atomic E-state index is 13.8. The molecule has 0 amide bonds.